The summed E-state index contributed by atoms with van der Waals surface area (Å²) >= 11 is 0. The van der Waals surface area contributed by atoms with Crippen LogP contribution in [0.4, 0.5) is 5.69 Å². The molecule has 2 bridgehead atoms. The van der Waals surface area contributed by atoms with Crippen LogP contribution in [0.15, 0.2) is 24.3 Å². The molecule has 2 unspecified atom stereocenters. The maximum absolute atomic E-state index is 11.9. The topological polar surface area (TPSA) is 69.7 Å². The third kappa shape index (κ3) is 4.15. The van der Waals surface area contributed by atoms with Crippen LogP contribution in [0.25, 0.3) is 0 Å². The van der Waals surface area contributed by atoms with Gasteiger partial charge in [0.1, 0.15) is 0 Å². The number of piperidine rings is 1. The molecular weight excluding hydrogens is 326 g/mol. The Morgan fingerprint density at radius 3 is 2.50 bits per heavy atom. The number of fused-ring (bicyclic) bond motifs is 4. The van der Waals surface area contributed by atoms with Crippen LogP contribution in [-0.2, 0) is 21.4 Å². The normalized spacial score (nSPS) is 25.4. The highest BCUT2D eigenvalue weighted by Gasteiger charge is 2.37. The zero-order valence-electron chi connectivity index (χ0n) is 14.2. The Bertz CT molecular complexity index is 702. The number of hydrogen-bond donors (Lipinski definition) is 1. The van der Waals surface area contributed by atoms with Crippen molar-refractivity contribution in [2.24, 2.45) is 5.92 Å². The Balaban J connectivity index is 1.68. The molecule has 3 aliphatic heterocycles. The minimum Gasteiger partial charge on any atom is -0.326 e. The Morgan fingerprint density at radius 2 is 1.88 bits per heavy atom. The van der Waals surface area contributed by atoms with Crippen LogP contribution < -0.4 is 5.32 Å². The van der Waals surface area contributed by atoms with E-state index in [-0.39, 0.29) is 11.9 Å². The number of carbonyl (C=O) groups is 1. The van der Waals surface area contributed by atoms with Crippen LogP contribution in [0, 0.1) is 5.92 Å². The number of rotatable bonds is 4. The number of nitrogens with zero attached hydrogens (tertiary/aromatic N) is 2. The van der Waals surface area contributed by atoms with Gasteiger partial charge in [-0.25, -0.2) is 12.7 Å². The van der Waals surface area contributed by atoms with Crippen molar-refractivity contribution < 1.29 is 13.2 Å². The quantitative estimate of drug-likeness (QED) is 0.892. The lowest BCUT2D eigenvalue weighted by Gasteiger charge is -2.36. The highest BCUT2D eigenvalue weighted by atomic mass is 32.2. The zero-order chi connectivity index (χ0) is 17.3. The Labute approximate surface area is 143 Å². The van der Waals surface area contributed by atoms with E-state index in [2.05, 4.69) is 10.2 Å². The summed E-state index contributed by atoms with van der Waals surface area (Å²) in [4.78, 5) is 13.5. The number of amides is 1. The van der Waals surface area contributed by atoms with Crippen LogP contribution in [0.2, 0.25) is 0 Å². The van der Waals surface area contributed by atoms with Crippen molar-refractivity contribution in [3.8, 4) is 0 Å². The lowest BCUT2D eigenvalue weighted by Crippen LogP contribution is -2.43. The zero-order valence-corrected chi connectivity index (χ0v) is 15.1. The second kappa shape index (κ2) is 6.82. The van der Waals surface area contributed by atoms with Gasteiger partial charge in [0.2, 0.25) is 15.9 Å². The van der Waals surface area contributed by atoms with E-state index in [0.717, 1.165) is 31.6 Å². The molecule has 0 aromatic heterocycles. The second-order valence-corrected chi connectivity index (χ2v) is 8.97. The number of benzene rings is 1. The molecule has 24 heavy (non-hydrogen) atoms. The van der Waals surface area contributed by atoms with Gasteiger partial charge < -0.3 is 5.32 Å². The molecule has 1 aromatic rings. The van der Waals surface area contributed by atoms with E-state index in [0.29, 0.717) is 19.0 Å². The van der Waals surface area contributed by atoms with Crippen molar-refractivity contribution in [1.82, 2.24) is 9.21 Å². The summed E-state index contributed by atoms with van der Waals surface area (Å²) in [5.74, 6) is 0.338. The molecule has 132 valence electrons. The van der Waals surface area contributed by atoms with Gasteiger partial charge >= 0.3 is 0 Å². The van der Waals surface area contributed by atoms with Gasteiger partial charge in [-0.15, -0.1) is 0 Å². The van der Waals surface area contributed by atoms with Gasteiger partial charge in [0, 0.05) is 44.8 Å². The second-order valence-electron chi connectivity index (χ2n) is 6.98. The molecular formula is C17H25N3O3S. The number of nitrogens with one attached hydrogen (secondary N) is 1. The van der Waals surface area contributed by atoms with Crippen LogP contribution in [-0.4, -0.2) is 55.5 Å². The first-order chi connectivity index (χ1) is 11.3. The fraction of sp³-hybridized carbons (Fsp3) is 0.588. The van der Waals surface area contributed by atoms with Crippen molar-refractivity contribution in [3.63, 3.8) is 0 Å². The maximum Gasteiger partial charge on any atom is 0.221 e. The fourth-order valence-corrected chi connectivity index (χ4v) is 4.66. The van der Waals surface area contributed by atoms with E-state index in [4.69, 9.17) is 0 Å². The average Bonchev–Trinajstić information content (AvgIpc) is 2.80. The summed E-state index contributed by atoms with van der Waals surface area (Å²) in [6.45, 7) is 4.51. The summed E-state index contributed by atoms with van der Waals surface area (Å²) < 4.78 is 25.5. The molecule has 1 aromatic carbocycles. The van der Waals surface area contributed by atoms with E-state index in [1.807, 2.05) is 24.3 Å². The Kier molecular flexibility index (Phi) is 4.94. The molecule has 7 heteroatoms. The molecule has 1 N–H and O–H groups in total. The Hall–Kier alpha value is -1.44. The maximum atomic E-state index is 11.9. The molecule has 4 rings (SSSR count). The van der Waals surface area contributed by atoms with Crippen molar-refractivity contribution in [2.45, 2.75) is 32.4 Å². The standard InChI is InChI=1S/C17H25N3O3S/c1-13(21)18-16-6-3-14(4-7-16)9-19-10-15-5-8-17(19)12-20(11-15)24(2,22)23/h3-4,6-7,15,17H,5,8-12H2,1-2H3,(H,18,21). The highest BCUT2D eigenvalue weighted by molar-refractivity contribution is 7.88. The van der Waals surface area contributed by atoms with Gasteiger partial charge in [-0.05, 0) is 36.5 Å². The van der Waals surface area contributed by atoms with Crippen LogP contribution in [0.5, 0.6) is 0 Å². The molecule has 0 saturated carbocycles. The van der Waals surface area contributed by atoms with Gasteiger partial charge in [-0.3, -0.25) is 9.69 Å². The number of hydrogen-bond acceptors (Lipinski definition) is 4. The monoisotopic (exact) mass is 351 g/mol. The summed E-state index contributed by atoms with van der Waals surface area (Å²) in [5.41, 5.74) is 1.98. The third-order valence-corrected chi connectivity index (χ3v) is 6.16. The van der Waals surface area contributed by atoms with Crippen molar-refractivity contribution >= 4 is 21.6 Å². The number of carbonyl (C=O) groups excluding carboxylic acids is 1. The summed E-state index contributed by atoms with van der Waals surface area (Å²) in [7, 11) is -3.12. The van der Waals surface area contributed by atoms with Gasteiger partial charge in [-0.2, -0.15) is 0 Å². The lowest BCUT2D eigenvalue weighted by molar-refractivity contribution is -0.114. The smallest absolute Gasteiger partial charge is 0.221 e. The molecule has 0 spiro atoms. The lowest BCUT2D eigenvalue weighted by atomic mass is 9.94. The predicted molar refractivity (Wildman–Crippen MR) is 94.1 cm³/mol. The number of sulfonamides is 1. The van der Waals surface area contributed by atoms with Crippen molar-refractivity contribution in [2.75, 3.05) is 31.2 Å². The minimum absolute atomic E-state index is 0.0755. The molecule has 3 fully saturated rings. The van der Waals surface area contributed by atoms with E-state index in [9.17, 15) is 13.2 Å². The summed E-state index contributed by atoms with van der Waals surface area (Å²) in [6.07, 6.45) is 3.47. The van der Waals surface area contributed by atoms with Gasteiger partial charge in [0.15, 0.2) is 0 Å². The fourth-order valence-electron chi connectivity index (χ4n) is 3.73. The third-order valence-electron chi connectivity index (χ3n) is 4.92. The SMILES string of the molecule is CC(=O)Nc1ccc(CN2CC3CCC2CN(S(C)(=O)=O)C3)cc1. The summed E-state index contributed by atoms with van der Waals surface area (Å²) in [5, 5.41) is 2.77. The molecule has 0 aliphatic carbocycles. The van der Waals surface area contributed by atoms with Crippen LogP contribution in [0.1, 0.15) is 25.3 Å². The Morgan fingerprint density at radius 1 is 1.17 bits per heavy atom. The van der Waals surface area contributed by atoms with Crippen LogP contribution in [0.3, 0.4) is 0 Å². The van der Waals surface area contributed by atoms with Crippen molar-refractivity contribution in [3.05, 3.63) is 29.8 Å². The molecule has 3 heterocycles. The highest BCUT2D eigenvalue weighted by Crippen LogP contribution is 2.30. The predicted octanol–water partition coefficient (Wildman–Crippen LogP) is 1.50. The average molecular weight is 351 g/mol. The van der Waals surface area contributed by atoms with E-state index in [1.54, 1.807) is 4.31 Å². The van der Waals surface area contributed by atoms with Gasteiger partial charge in [-0.1, -0.05) is 12.1 Å². The summed E-state index contributed by atoms with van der Waals surface area (Å²) in [6, 6.07) is 8.16. The molecule has 2 atom stereocenters. The number of anilines is 1. The van der Waals surface area contributed by atoms with Crippen molar-refractivity contribution in [1.29, 1.82) is 0 Å². The van der Waals surface area contributed by atoms with E-state index in [1.165, 1.54) is 18.7 Å². The first-order valence-corrected chi connectivity index (χ1v) is 10.2. The molecule has 0 radical (unpaired) electrons. The molecule has 6 nitrogen and oxygen atoms in total. The minimum atomic E-state index is -3.12. The first-order valence-electron chi connectivity index (χ1n) is 8.37. The van der Waals surface area contributed by atoms with Crippen LogP contribution >= 0.6 is 0 Å². The largest absolute Gasteiger partial charge is 0.326 e. The van der Waals surface area contributed by atoms with E-state index < -0.39 is 10.0 Å². The van der Waals surface area contributed by atoms with Gasteiger partial charge in [0.25, 0.3) is 0 Å². The molecule has 1 amide bonds. The van der Waals surface area contributed by atoms with E-state index >= 15 is 0 Å². The first kappa shape index (κ1) is 17.4. The van der Waals surface area contributed by atoms with Gasteiger partial charge in [0.05, 0.1) is 6.26 Å². The molecule has 3 saturated heterocycles. The molecule has 3 aliphatic rings.